The Morgan fingerprint density at radius 3 is 2.59 bits per heavy atom. The summed E-state index contributed by atoms with van der Waals surface area (Å²) in [7, 11) is -3.35. The summed E-state index contributed by atoms with van der Waals surface area (Å²) in [5.74, 6) is -0.637. The van der Waals surface area contributed by atoms with E-state index in [4.69, 9.17) is 9.84 Å². The van der Waals surface area contributed by atoms with Gasteiger partial charge < -0.3 is 9.84 Å². The number of sulfone groups is 1. The van der Waals surface area contributed by atoms with Crippen LogP contribution in [0.2, 0.25) is 0 Å². The summed E-state index contributed by atoms with van der Waals surface area (Å²) in [6, 6.07) is 4.27. The maximum Gasteiger partial charge on any atom is 0.338 e. The number of hydrogen-bond donors (Lipinski definition) is 1. The number of hydrogen-bond acceptors (Lipinski definition) is 5. The van der Waals surface area contributed by atoms with E-state index in [9.17, 15) is 13.2 Å². The van der Waals surface area contributed by atoms with E-state index in [0.717, 1.165) is 6.26 Å². The van der Waals surface area contributed by atoms with Crippen LogP contribution in [0.3, 0.4) is 0 Å². The Labute approximate surface area is 100.0 Å². The minimum absolute atomic E-state index is 0.0686. The Kier molecular flexibility index (Phi) is 4.25. The van der Waals surface area contributed by atoms with Gasteiger partial charge in [-0.3, -0.25) is 0 Å². The third-order valence-electron chi connectivity index (χ3n) is 2.18. The molecule has 0 aliphatic carbocycles. The summed E-state index contributed by atoms with van der Waals surface area (Å²) in [6.07, 6.45) is 1.07. The number of aryl methyl sites for hydroxylation is 1. The van der Waals surface area contributed by atoms with E-state index in [-0.39, 0.29) is 23.7 Å². The second-order valence-corrected chi connectivity index (χ2v) is 5.62. The monoisotopic (exact) mass is 258 g/mol. The van der Waals surface area contributed by atoms with Gasteiger partial charge in [-0.2, -0.15) is 0 Å². The highest BCUT2D eigenvalue weighted by molar-refractivity contribution is 7.90. The van der Waals surface area contributed by atoms with Crippen LogP contribution in [-0.2, 0) is 14.6 Å². The van der Waals surface area contributed by atoms with Crippen LogP contribution in [-0.4, -0.2) is 39.0 Å². The largest absolute Gasteiger partial charge is 0.460 e. The van der Waals surface area contributed by atoms with Crippen LogP contribution in [0.15, 0.2) is 23.1 Å². The highest BCUT2D eigenvalue weighted by atomic mass is 32.2. The lowest BCUT2D eigenvalue weighted by atomic mass is 10.1. The normalized spacial score (nSPS) is 11.2. The van der Waals surface area contributed by atoms with Crippen molar-refractivity contribution >= 4 is 15.8 Å². The number of benzene rings is 1. The van der Waals surface area contributed by atoms with Crippen LogP contribution in [0, 0.1) is 6.92 Å². The molecule has 1 aromatic rings. The van der Waals surface area contributed by atoms with Crippen LogP contribution in [0.25, 0.3) is 0 Å². The predicted molar refractivity (Wildman–Crippen MR) is 61.7 cm³/mol. The number of aliphatic hydroxyl groups is 1. The molecular formula is C11H14O5S. The lowest BCUT2D eigenvalue weighted by Gasteiger charge is -2.07. The SMILES string of the molecule is Cc1ccc(S(C)(=O)=O)cc1C(=O)OCCO. The first-order chi connectivity index (χ1) is 7.86. The van der Waals surface area contributed by atoms with E-state index in [2.05, 4.69) is 0 Å². The van der Waals surface area contributed by atoms with E-state index in [1.807, 2.05) is 0 Å². The highest BCUT2D eigenvalue weighted by Gasteiger charge is 2.15. The predicted octanol–water partition coefficient (Wildman–Crippen LogP) is 0.548. The first-order valence-electron chi connectivity index (χ1n) is 4.95. The van der Waals surface area contributed by atoms with E-state index in [0.29, 0.717) is 5.56 Å². The van der Waals surface area contributed by atoms with Gasteiger partial charge in [0.05, 0.1) is 17.1 Å². The van der Waals surface area contributed by atoms with Crippen molar-refractivity contribution < 1.29 is 23.1 Å². The molecule has 0 aromatic heterocycles. The van der Waals surface area contributed by atoms with E-state index >= 15 is 0 Å². The van der Waals surface area contributed by atoms with E-state index < -0.39 is 15.8 Å². The minimum atomic E-state index is -3.35. The van der Waals surface area contributed by atoms with Gasteiger partial charge in [0.15, 0.2) is 9.84 Å². The first-order valence-corrected chi connectivity index (χ1v) is 6.84. The second kappa shape index (κ2) is 5.29. The topological polar surface area (TPSA) is 80.7 Å². The van der Waals surface area contributed by atoms with Gasteiger partial charge in [0, 0.05) is 6.26 Å². The van der Waals surface area contributed by atoms with Crippen LogP contribution < -0.4 is 0 Å². The number of ether oxygens (including phenoxy) is 1. The molecule has 5 nitrogen and oxygen atoms in total. The molecule has 1 rings (SSSR count). The average Bonchev–Trinajstić information content (AvgIpc) is 2.24. The number of rotatable bonds is 4. The van der Waals surface area contributed by atoms with Crippen molar-refractivity contribution in [2.24, 2.45) is 0 Å². The summed E-state index contributed by atoms with van der Waals surface area (Å²) in [6.45, 7) is 1.31. The van der Waals surface area contributed by atoms with Gasteiger partial charge >= 0.3 is 5.97 Å². The third-order valence-corrected chi connectivity index (χ3v) is 3.29. The molecule has 0 fully saturated rings. The number of aliphatic hydroxyl groups excluding tert-OH is 1. The van der Waals surface area contributed by atoms with E-state index in [1.165, 1.54) is 12.1 Å². The Morgan fingerprint density at radius 1 is 1.41 bits per heavy atom. The van der Waals surface area contributed by atoms with Gasteiger partial charge in [-0.05, 0) is 24.6 Å². The second-order valence-electron chi connectivity index (χ2n) is 3.61. The summed E-state index contributed by atoms with van der Waals surface area (Å²) in [4.78, 5) is 11.6. The fraction of sp³-hybridized carbons (Fsp3) is 0.364. The molecule has 0 aliphatic heterocycles. The zero-order valence-corrected chi connectivity index (χ0v) is 10.5. The van der Waals surface area contributed by atoms with Crippen molar-refractivity contribution in [1.82, 2.24) is 0 Å². The molecule has 0 atom stereocenters. The van der Waals surface area contributed by atoms with Gasteiger partial charge in [-0.15, -0.1) is 0 Å². The Hall–Kier alpha value is -1.40. The molecule has 6 heteroatoms. The number of carbonyl (C=O) groups is 1. The molecule has 0 saturated heterocycles. The molecule has 0 amide bonds. The molecule has 0 unspecified atom stereocenters. The lowest BCUT2D eigenvalue weighted by molar-refractivity contribution is 0.0432. The molecule has 0 spiro atoms. The zero-order chi connectivity index (χ0) is 13.1. The summed E-state index contributed by atoms with van der Waals surface area (Å²) < 4.78 is 27.4. The van der Waals surface area contributed by atoms with Crippen molar-refractivity contribution in [2.45, 2.75) is 11.8 Å². The zero-order valence-electron chi connectivity index (χ0n) is 9.63. The van der Waals surface area contributed by atoms with Crippen LogP contribution >= 0.6 is 0 Å². The standard InChI is InChI=1S/C11H14O5S/c1-8-3-4-9(17(2,14)15)7-10(8)11(13)16-6-5-12/h3-4,7,12H,5-6H2,1-2H3. The smallest absolute Gasteiger partial charge is 0.338 e. The fourth-order valence-corrected chi connectivity index (χ4v) is 1.91. The molecule has 0 saturated carbocycles. The molecule has 1 aromatic carbocycles. The fourth-order valence-electron chi connectivity index (χ4n) is 1.27. The van der Waals surface area contributed by atoms with Crippen molar-refractivity contribution in [3.8, 4) is 0 Å². The molecule has 0 radical (unpaired) electrons. The molecule has 17 heavy (non-hydrogen) atoms. The molecule has 1 N–H and O–H groups in total. The van der Waals surface area contributed by atoms with Crippen molar-refractivity contribution in [3.63, 3.8) is 0 Å². The van der Waals surface area contributed by atoms with Gasteiger partial charge in [-0.25, -0.2) is 13.2 Å². The Bertz CT molecular complexity index is 519. The van der Waals surface area contributed by atoms with Crippen LogP contribution in [0.4, 0.5) is 0 Å². The van der Waals surface area contributed by atoms with Gasteiger partial charge in [-0.1, -0.05) is 6.07 Å². The maximum absolute atomic E-state index is 11.6. The molecule has 0 bridgehead atoms. The Morgan fingerprint density at radius 2 is 2.06 bits per heavy atom. The maximum atomic E-state index is 11.6. The van der Waals surface area contributed by atoms with Crippen molar-refractivity contribution in [1.29, 1.82) is 0 Å². The summed E-state index contributed by atoms with van der Waals surface area (Å²) >= 11 is 0. The van der Waals surface area contributed by atoms with E-state index in [1.54, 1.807) is 13.0 Å². The molecule has 0 heterocycles. The highest BCUT2D eigenvalue weighted by Crippen LogP contribution is 2.16. The first kappa shape index (κ1) is 13.7. The quantitative estimate of drug-likeness (QED) is 0.797. The minimum Gasteiger partial charge on any atom is -0.460 e. The number of carbonyl (C=O) groups excluding carboxylic acids is 1. The number of esters is 1. The lowest BCUT2D eigenvalue weighted by Crippen LogP contribution is -2.11. The van der Waals surface area contributed by atoms with Gasteiger partial charge in [0.1, 0.15) is 6.61 Å². The third kappa shape index (κ3) is 3.54. The summed E-state index contributed by atoms with van der Waals surface area (Å²) in [5, 5.41) is 8.54. The Balaban J connectivity index is 3.11. The molecular weight excluding hydrogens is 244 g/mol. The van der Waals surface area contributed by atoms with Crippen molar-refractivity contribution in [3.05, 3.63) is 29.3 Å². The van der Waals surface area contributed by atoms with Gasteiger partial charge in [0.25, 0.3) is 0 Å². The molecule has 94 valence electrons. The van der Waals surface area contributed by atoms with Gasteiger partial charge in [0.2, 0.25) is 0 Å². The van der Waals surface area contributed by atoms with Crippen LogP contribution in [0.1, 0.15) is 15.9 Å². The van der Waals surface area contributed by atoms with Crippen LogP contribution in [0.5, 0.6) is 0 Å². The summed E-state index contributed by atoms with van der Waals surface area (Å²) in [5.41, 5.74) is 0.821. The average molecular weight is 258 g/mol. The molecule has 0 aliphatic rings. The van der Waals surface area contributed by atoms with Crippen molar-refractivity contribution in [2.75, 3.05) is 19.5 Å².